The summed E-state index contributed by atoms with van der Waals surface area (Å²) in [5, 5.41) is -4.24. The molecule has 0 atom stereocenters. The smallest absolute Gasteiger partial charge is 0.143 e. The molecule has 1 aromatic heterocycles. The monoisotopic (exact) mass is 600 g/mol. The summed E-state index contributed by atoms with van der Waals surface area (Å²) in [6.45, 7) is 0. The Balaban J connectivity index is 1.58. The van der Waals surface area contributed by atoms with Crippen molar-refractivity contribution in [2.24, 2.45) is 0 Å². The fraction of sp³-hybridized carbons (Fsp3) is 0. The summed E-state index contributed by atoms with van der Waals surface area (Å²) in [6, 6.07) is -26.7. The highest BCUT2D eigenvalue weighted by atomic mass is 16.3. The number of rotatable bonds is 4. The van der Waals surface area contributed by atoms with Crippen molar-refractivity contribution in [2.45, 2.75) is 0 Å². The predicted octanol–water partition coefficient (Wildman–Crippen LogP) is 12.6. The van der Waals surface area contributed by atoms with Gasteiger partial charge >= 0.3 is 0 Å². The molecule has 45 heavy (non-hydrogen) atoms. The molecule has 0 saturated carbocycles. The molecule has 0 fully saturated rings. The van der Waals surface area contributed by atoms with Crippen LogP contribution in [0.5, 0.6) is 0 Å². The van der Waals surface area contributed by atoms with Crippen LogP contribution in [0, 0.1) is 0 Å². The van der Waals surface area contributed by atoms with Crippen LogP contribution >= 0.6 is 0 Å². The second kappa shape index (κ2) is 10.4. The highest BCUT2D eigenvalue weighted by molar-refractivity contribution is 6.22. The summed E-state index contributed by atoms with van der Waals surface area (Å²) in [6.07, 6.45) is 0. The molecule has 0 aliphatic rings. The minimum Gasteiger partial charge on any atom is -0.455 e. The van der Waals surface area contributed by atoms with E-state index in [0.29, 0.717) is 0 Å². The fourth-order valence-corrected chi connectivity index (χ4v) is 5.19. The molecule has 0 spiro atoms. The minimum absolute atomic E-state index is 0.567. The molecule has 8 aromatic carbocycles. The molecule has 1 nitrogen and oxygen atoms in total. The maximum absolute atomic E-state index is 9.85. The molecule has 0 radical (unpaired) electrons. The fourth-order valence-electron chi connectivity index (χ4n) is 5.19. The van der Waals surface area contributed by atoms with Crippen LogP contribution in [0.15, 0.2) is 174 Å². The summed E-state index contributed by atoms with van der Waals surface area (Å²) >= 11 is 0. The third kappa shape index (κ3) is 4.17. The molecule has 210 valence electrons. The Morgan fingerprint density at radius 1 is 0.333 bits per heavy atom. The van der Waals surface area contributed by atoms with E-state index in [1.807, 2.05) is 0 Å². The Bertz CT molecular complexity index is 3980. The zero-order valence-electron chi connectivity index (χ0n) is 50.4. The van der Waals surface area contributed by atoms with Crippen LogP contribution in [0.25, 0.3) is 88.0 Å². The summed E-state index contributed by atoms with van der Waals surface area (Å²) in [5.74, 6) is 0. The van der Waals surface area contributed by atoms with Crippen molar-refractivity contribution in [3.8, 4) is 44.5 Å². The lowest BCUT2D eigenvalue weighted by Gasteiger charge is -2.18. The van der Waals surface area contributed by atoms with Gasteiger partial charge in [0.25, 0.3) is 0 Å². The number of benzene rings is 8. The molecule has 0 N–H and O–H groups in total. The van der Waals surface area contributed by atoms with Gasteiger partial charge in [0.2, 0.25) is 0 Å². The largest absolute Gasteiger partial charge is 0.455 e. The first-order valence-electron chi connectivity index (χ1n) is 27.2. The highest BCUT2D eigenvalue weighted by Gasteiger charge is 2.19. The molecule has 0 aliphatic carbocycles. The van der Waals surface area contributed by atoms with Crippen LogP contribution in [0.1, 0.15) is 38.4 Å². The maximum atomic E-state index is 9.85. The molecule has 9 rings (SSSR count). The number of fused-ring (bicyclic) bond motifs is 5. The van der Waals surface area contributed by atoms with Crippen molar-refractivity contribution >= 4 is 43.5 Å². The number of para-hydroxylation sites is 1. The second-order valence-electron chi connectivity index (χ2n) is 9.51. The van der Waals surface area contributed by atoms with E-state index in [-0.39, 0.29) is 0 Å². The molecule has 0 bridgehead atoms. The van der Waals surface area contributed by atoms with Crippen LogP contribution in [-0.4, -0.2) is 0 Å². The van der Waals surface area contributed by atoms with E-state index in [0.717, 1.165) is 0 Å². The molecule has 0 saturated heterocycles. The van der Waals surface area contributed by atoms with Gasteiger partial charge in [0.05, 0.1) is 38.4 Å². The quantitative estimate of drug-likeness (QED) is 0.183. The molecule has 9 aromatic rings. The first kappa shape index (κ1) is 10.1. The van der Waals surface area contributed by atoms with Crippen molar-refractivity contribution in [1.29, 1.82) is 0 Å². The number of hydrogen-bond acceptors (Lipinski definition) is 1. The normalized spacial score (nSPS) is 20.3. The molecule has 0 aliphatic heterocycles. The first-order valence-corrected chi connectivity index (χ1v) is 13.2. The van der Waals surface area contributed by atoms with Crippen molar-refractivity contribution in [3.05, 3.63) is 169 Å². The Kier molecular flexibility index (Phi) is 2.32. The Morgan fingerprint density at radius 3 is 1.47 bits per heavy atom. The first-order chi connectivity index (χ1) is 34.0. The Labute approximate surface area is 301 Å². The average Bonchev–Trinajstić information content (AvgIpc) is 3.77. The van der Waals surface area contributed by atoms with E-state index >= 15 is 0 Å². The van der Waals surface area contributed by atoms with Gasteiger partial charge in [-0.3, -0.25) is 0 Å². The lowest BCUT2D eigenvalue weighted by molar-refractivity contribution is 0.670. The SMILES string of the molecule is [2H]c1c([2H])c([2H])c(-c2c([2H])c([2H])c([2H])c(-c3c4c([2H])c([2H])c([2H])c([2H])c4c(-c4c([2H])c([2H])c5oc6c(-c7c([2H])c([2H])c([2H])c([2H])c7[2H])c([2H])c([2H])c([2H])c6c5c4[2H])c4c([2H])c([2H])c([2H])c([2H])c34)c2[2H])c([2H])c1[2H]. The second-order valence-corrected chi connectivity index (χ2v) is 9.51. The zero-order valence-corrected chi connectivity index (χ0v) is 22.4. The van der Waals surface area contributed by atoms with Gasteiger partial charge in [-0.25, -0.2) is 0 Å². The molecule has 1 heteroatoms. The third-order valence-corrected chi connectivity index (χ3v) is 7.06. The van der Waals surface area contributed by atoms with Crippen molar-refractivity contribution in [2.75, 3.05) is 0 Å². The van der Waals surface area contributed by atoms with Crippen molar-refractivity contribution in [3.63, 3.8) is 0 Å². The van der Waals surface area contributed by atoms with Crippen LogP contribution in [0.4, 0.5) is 0 Å². The summed E-state index contributed by atoms with van der Waals surface area (Å²) in [4.78, 5) is 0. The standard InChI is InChI=1S/C44H28O/c1-3-13-29(14-4-1)31-17-11-18-32(27-31)42-35-19-7-9-21-37(35)43(38-22-10-8-20-36(38)42)33-25-26-41-40(28-33)39-24-12-23-34(44(39)45-41)30-15-5-2-6-16-30/h1-28H/i1D,2D,3D,4D,5D,6D,7D,8D,9D,10D,11D,12D,13D,14D,15D,16D,17D,18D,19D,20D,21D,22D,23D,24D,25D,26D,27D,28D. The van der Waals surface area contributed by atoms with Crippen LogP contribution in [0.3, 0.4) is 0 Å². The molecule has 0 unspecified atom stereocenters. The lowest BCUT2D eigenvalue weighted by Crippen LogP contribution is -1.91. The highest BCUT2D eigenvalue weighted by Crippen LogP contribution is 2.45. The van der Waals surface area contributed by atoms with E-state index in [1.165, 1.54) is 0 Å². The average molecular weight is 601 g/mol. The summed E-state index contributed by atoms with van der Waals surface area (Å²) < 4.78 is 255. The van der Waals surface area contributed by atoms with Gasteiger partial charge in [0.1, 0.15) is 11.2 Å². The van der Waals surface area contributed by atoms with Gasteiger partial charge < -0.3 is 4.42 Å². The van der Waals surface area contributed by atoms with Crippen LogP contribution in [-0.2, 0) is 0 Å². The van der Waals surface area contributed by atoms with Crippen LogP contribution < -0.4 is 0 Å². The van der Waals surface area contributed by atoms with Gasteiger partial charge in [-0.2, -0.15) is 0 Å². The van der Waals surface area contributed by atoms with Crippen LogP contribution in [0.2, 0.25) is 0 Å². The lowest BCUT2D eigenvalue weighted by atomic mass is 9.85. The predicted molar refractivity (Wildman–Crippen MR) is 190 cm³/mol. The topological polar surface area (TPSA) is 13.1 Å². The van der Waals surface area contributed by atoms with E-state index in [2.05, 4.69) is 0 Å². The van der Waals surface area contributed by atoms with E-state index in [9.17, 15) is 12.3 Å². The van der Waals surface area contributed by atoms with Gasteiger partial charge in [0, 0.05) is 16.3 Å². The third-order valence-electron chi connectivity index (χ3n) is 7.06. The Morgan fingerprint density at radius 2 is 0.822 bits per heavy atom. The van der Waals surface area contributed by atoms with Crippen molar-refractivity contribution in [1.82, 2.24) is 0 Å². The van der Waals surface area contributed by atoms with E-state index in [1.54, 1.807) is 0 Å². The van der Waals surface area contributed by atoms with Crippen molar-refractivity contribution < 1.29 is 42.8 Å². The van der Waals surface area contributed by atoms with Gasteiger partial charge in [0.15, 0.2) is 0 Å². The number of furan rings is 1. The minimum atomic E-state index is -1.06. The molecular formula is C44H28O. The summed E-state index contributed by atoms with van der Waals surface area (Å²) in [5.41, 5.74) is -7.47. The van der Waals surface area contributed by atoms with E-state index < -0.39 is 257 Å². The zero-order chi connectivity index (χ0) is 54.1. The van der Waals surface area contributed by atoms with Gasteiger partial charge in [-0.05, 0) is 78.6 Å². The molecule has 0 amide bonds. The molecule has 1 heterocycles. The number of hydrogen-bond donors (Lipinski definition) is 0. The molecular weight excluding hydrogens is 544 g/mol. The Hall–Kier alpha value is -5.92. The summed E-state index contributed by atoms with van der Waals surface area (Å²) in [7, 11) is 0. The van der Waals surface area contributed by atoms with Gasteiger partial charge in [-0.1, -0.05) is 151 Å². The van der Waals surface area contributed by atoms with E-state index in [4.69, 9.17) is 30.5 Å². The maximum Gasteiger partial charge on any atom is 0.143 e. The van der Waals surface area contributed by atoms with Gasteiger partial charge in [-0.15, -0.1) is 0 Å².